The second kappa shape index (κ2) is 20.5. The molecule has 1 fully saturated rings. The molecule has 0 aromatic carbocycles. The summed E-state index contributed by atoms with van der Waals surface area (Å²) >= 11 is 0. The normalized spacial score (nSPS) is 18.6. The Labute approximate surface area is 176 Å². The number of carboxylic acid groups (broad SMARTS) is 2. The van der Waals surface area contributed by atoms with Gasteiger partial charge in [0.05, 0.1) is 12.3 Å². The Bertz CT molecular complexity index is 364. The molecule has 1 rings (SSSR count). The predicted molar refractivity (Wildman–Crippen MR) is 97.7 cm³/mol. The minimum Gasteiger partial charge on any atom is -0.677 e. The van der Waals surface area contributed by atoms with Crippen LogP contribution in [0.5, 0.6) is 0 Å². The van der Waals surface area contributed by atoms with Crippen molar-refractivity contribution in [2.75, 3.05) is 27.2 Å². The molecule has 0 aromatic heterocycles. The van der Waals surface area contributed by atoms with Crippen LogP contribution in [0.4, 0.5) is 0 Å². The summed E-state index contributed by atoms with van der Waals surface area (Å²) in [5.74, 6) is -1.38. The molecule has 10 nitrogen and oxygen atoms in total. The van der Waals surface area contributed by atoms with E-state index in [-0.39, 0.29) is 27.5 Å². The summed E-state index contributed by atoms with van der Waals surface area (Å²) in [4.78, 5) is 22.7. The maximum atomic E-state index is 10.6. The topological polar surface area (TPSA) is 161 Å². The third kappa shape index (κ3) is 18.9. The molecule has 27 heavy (non-hydrogen) atoms. The van der Waals surface area contributed by atoms with E-state index in [1.54, 1.807) is 0 Å². The molecular formula is C15H31N2O8PPt. The Hall–Kier alpha value is -0.182. The van der Waals surface area contributed by atoms with Crippen LogP contribution < -0.4 is 0 Å². The van der Waals surface area contributed by atoms with Gasteiger partial charge in [0.15, 0.2) is 0 Å². The van der Waals surface area contributed by atoms with Crippen LogP contribution in [-0.2, 0) is 40.0 Å². The van der Waals surface area contributed by atoms with Gasteiger partial charge in [-0.25, -0.2) is 10.5 Å². The average Bonchev–Trinajstić information content (AvgIpc) is 2.52. The van der Waals surface area contributed by atoms with Gasteiger partial charge in [-0.3, -0.25) is 9.59 Å². The van der Waals surface area contributed by atoms with E-state index in [4.69, 9.17) is 26.5 Å². The molecule has 1 saturated carbocycles. The van der Waals surface area contributed by atoms with Crippen molar-refractivity contribution >= 4 is 21.0 Å². The van der Waals surface area contributed by atoms with Crippen molar-refractivity contribution < 1.29 is 60.7 Å². The Morgan fingerprint density at radius 3 is 1.93 bits per heavy atom. The zero-order chi connectivity index (χ0) is 20.5. The first-order chi connectivity index (χ1) is 12.2. The molecule has 12 heteroatoms. The number of carbonyl (C=O) groups is 2. The van der Waals surface area contributed by atoms with Crippen molar-refractivity contribution in [3.05, 3.63) is 12.7 Å². The van der Waals surface area contributed by atoms with E-state index >= 15 is 0 Å². The van der Waals surface area contributed by atoms with Crippen LogP contribution >= 0.6 is 9.03 Å². The van der Waals surface area contributed by atoms with Crippen LogP contribution in [0.1, 0.15) is 32.1 Å². The number of nitrogens with one attached hydrogen (secondary N) is 1. The second-order valence-corrected chi connectivity index (χ2v) is 6.61. The van der Waals surface area contributed by atoms with Crippen LogP contribution in [0.2, 0.25) is 0 Å². The minimum atomic E-state index is -1.06. The zero-order valence-electron chi connectivity index (χ0n) is 15.6. The van der Waals surface area contributed by atoms with E-state index in [9.17, 15) is 9.59 Å². The largest absolute Gasteiger partial charge is 2.00 e. The first-order valence-corrected chi connectivity index (χ1v) is 8.93. The Morgan fingerprint density at radius 2 is 1.74 bits per heavy atom. The standard InChI is InChI=1S/C8H15NO4.C7H13N.H3O4P.Pt/c1-9(2)4-3-6(8(12)13)5-7(10)11;1-2-6-3-4-7(6)5-8;1-3-5-4-2;/h6H,3-5H2,1-2H3,(H,10,11)(H,12,13);6-8H,1-5H2;1-2,5H;/q;-2;;+2. The molecule has 0 saturated heterocycles. The monoisotopic (exact) mass is 593 g/mol. The quantitative estimate of drug-likeness (QED) is 0.129. The van der Waals surface area contributed by atoms with Gasteiger partial charge in [0.2, 0.25) is 9.03 Å². The summed E-state index contributed by atoms with van der Waals surface area (Å²) in [6, 6.07) is 0. The Balaban J connectivity index is -0.000000350. The molecule has 0 radical (unpaired) electrons. The molecule has 1 aliphatic rings. The number of hydrogen-bond donors (Lipinski definition) is 4. The number of carboxylic acids is 2. The van der Waals surface area contributed by atoms with Gasteiger partial charge in [-0.15, -0.1) is 6.54 Å². The molecule has 0 heterocycles. The van der Waals surface area contributed by atoms with Gasteiger partial charge in [0.1, 0.15) is 0 Å². The van der Waals surface area contributed by atoms with Crippen LogP contribution in [0, 0.1) is 24.7 Å². The van der Waals surface area contributed by atoms with E-state index in [0.717, 1.165) is 12.3 Å². The van der Waals surface area contributed by atoms with Gasteiger partial charge in [0.25, 0.3) is 0 Å². The van der Waals surface area contributed by atoms with Crippen molar-refractivity contribution in [2.24, 2.45) is 17.8 Å². The SMILES string of the molecule is CN(C)CCC(CC(=O)O)C(=O)O.OOPOO.[CH2-]CC1CCC1C[NH-].[Pt+2]. The van der Waals surface area contributed by atoms with Gasteiger partial charge < -0.3 is 27.8 Å². The molecule has 1 aliphatic carbocycles. The van der Waals surface area contributed by atoms with Gasteiger partial charge in [-0.1, -0.05) is 24.7 Å². The molecular weight excluding hydrogens is 562 g/mol. The number of hydrogen-bond acceptors (Lipinski definition) is 7. The summed E-state index contributed by atoms with van der Waals surface area (Å²) in [5, 5.41) is 31.7. The summed E-state index contributed by atoms with van der Waals surface area (Å²) in [6.45, 7) is 5.04. The first kappa shape index (κ1) is 31.5. The zero-order valence-corrected chi connectivity index (χ0v) is 18.8. The molecule has 5 N–H and O–H groups in total. The molecule has 164 valence electrons. The summed E-state index contributed by atoms with van der Waals surface area (Å²) in [6.07, 6.45) is 3.72. The minimum absolute atomic E-state index is 0. The fourth-order valence-electron chi connectivity index (χ4n) is 2.24. The van der Waals surface area contributed by atoms with Gasteiger partial charge in [-0.05, 0) is 27.1 Å². The van der Waals surface area contributed by atoms with E-state index in [1.165, 1.54) is 12.8 Å². The molecule has 0 amide bonds. The number of nitrogens with zero attached hydrogens (tertiary/aromatic N) is 1. The Kier molecular flexibility index (Phi) is 24.0. The molecule has 3 atom stereocenters. The third-order valence-corrected chi connectivity index (χ3v) is 4.13. The molecule has 0 aromatic rings. The smallest absolute Gasteiger partial charge is 0.677 e. The van der Waals surface area contributed by atoms with Gasteiger partial charge in [-0.2, -0.15) is 15.8 Å². The van der Waals surface area contributed by atoms with Crippen molar-refractivity contribution in [2.45, 2.75) is 32.1 Å². The molecule has 0 aliphatic heterocycles. The first-order valence-electron chi connectivity index (χ1n) is 8.12. The molecule has 3 unspecified atom stereocenters. The fourth-order valence-corrected chi connectivity index (χ4v) is 2.27. The summed E-state index contributed by atoms with van der Waals surface area (Å²) in [5.41, 5.74) is 7.07. The van der Waals surface area contributed by atoms with Crippen molar-refractivity contribution in [1.29, 1.82) is 0 Å². The van der Waals surface area contributed by atoms with Crippen molar-refractivity contribution in [3.8, 4) is 0 Å². The number of aliphatic carboxylic acids is 2. The second-order valence-electron chi connectivity index (χ2n) is 6.08. The summed E-state index contributed by atoms with van der Waals surface area (Å²) < 4.78 is 6.49. The van der Waals surface area contributed by atoms with Crippen molar-refractivity contribution in [1.82, 2.24) is 4.90 Å². The van der Waals surface area contributed by atoms with Crippen LogP contribution in [-0.4, -0.2) is 64.8 Å². The third-order valence-electron chi connectivity index (χ3n) is 3.98. The summed E-state index contributed by atoms with van der Waals surface area (Å²) in [7, 11) is 2.95. The number of rotatable bonds is 10. The van der Waals surface area contributed by atoms with E-state index in [0.29, 0.717) is 25.4 Å². The van der Waals surface area contributed by atoms with E-state index < -0.39 is 26.9 Å². The van der Waals surface area contributed by atoms with Crippen molar-refractivity contribution in [3.63, 3.8) is 0 Å². The average molecular weight is 593 g/mol. The van der Waals surface area contributed by atoms with Gasteiger partial charge >= 0.3 is 33.0 Å². The predicted octanol–water partition coefficient (Wildman–Crippen LogP) is 2.87. The fraction of sp³-hybridized carbons (Fsp3) is 0.800. The molecule has 0 bridgehead atoms. The molecule has 0 spiro atoms. The maximum Gasteiger partial charge on any atom is 2.00 e. The maximum absolute atomic E-state index is 10.6. The Morgan fingerprint density at radius 1 is 1.22 bits per heavy atom. The van der Waals surface area contributed by atoms with Crippen LogP contribution in [0.15, 0.2) is 0 Å². The van der Waals surface area contributed by atoms with Gasteiger partial charge in [0, 0.05) is 0 Å². The van der Waals surface area contributed by atoms with E-state index in [2.05, 4.69) is 16.3 Å². The van der Waals surface area contributed by atoms with E-state index in [1.807, 2.05) is 19.0 Å². The van der Waals surface area contributed by atoms with Crippen LogP contribution in [0.25, 0.3) is 5.73 Å². The van der Waals surface area contributed by atoms with Crippen LogP contribution in [0.3, 0.4) is 0 Å².